The molecule has 2 heterocycles. The largest absolute Gasteiger partial charge is 0.481 e. The maximum Gasteiger partial charge on any atom is 0.313 e. The van der Waals surface area contributed by atoms with E-state index in [1.54, 1.807) is 0 Å². The number of thioether (sulfide) groups is 1. The smallest absolute Gasteiger partial charge is 0.313 e. The molecule has 0 saturated carbocycles. The van der Waals surface area contributed by atoms with Crippen LogP contribution in [0.3, 0.4) is 0 Å². The molecule has 4 rings (SSSR count). The molecule has 26 heavy (non-hydrogen) atoms. The first-order valence-electron chi connectivity index (χ1n) is 8.05. The van der Waals surface area contributed by atoms with Crippen LogP contribution in [0.25, 0.3) is 33.4 Å². The Morgan fingerprint density at radius 1 is 1.12 bits per heavy atom. The van der Waals surface area contributed by atoms with Gasteiger partial charge in [-0.1, -0.05) is 23.9 Å². The Morgan fingerprint density at radius 2 is 1.96 bits per heavy atom. The van der Waals surface area contributed by atoms with Crippen LogP contribution in [0.1, 0.15) is 5.56 Å². The van der Waals surface area contributed by atoms with E-state index in [1.807, 2.05) is 19.2 Å². The molecular weight excluding hydrogens is 348 g/mol. The van der Waals surface area contributed by atoms with Crippen LogP contribution >= 0.6 is 11.8 Å². The molecule has 2 aromatic heterocycles. The minimum atomic E-state index is -0.889. The van der Waals surface area contributed by atoms with Gasteiger partial charge in [-0.2, -0.15) is 0 Å². The second-order valence-electron chi connectivity index (χ2n) is 6.02. The molecule has 0 spiro atoms. The van der Waals surface area contributed by atoms with Crippen molar-refractivity contribution >= 4 is 28.6 Å². The van der Waals surface area contributed by atoms with Gasteiger partial charge in [0.05, 0.1) is 5.75 Å². The van der Waals surface area contributed by atoms with Crippen molar-refractivity contribution < 1.29 is 9.90 Å². The summed E-state index contributed by atoms with van der Waals surface area (Å²) < 4.78 is 0. The number of rotatable bonds is 5. The highest BCUT2D eigenvalue weighted by molar-refractivity contribution is 7.99. The van der Waals surface area contributed by atoms with Gasteiger partial charge in [-0.25, -0.2) is 4.98 Å². The molecule has 3 N–H and O–H groups in total. The summed E-state index contributed by atoms with van der Waals surface area (Å²) in [5.41, 5.74) is 5.37. The standard InChI is InChI=1S/C19H16N4O2S/c1-11-6-14(12-2-3-16-13(8-12)4-5-20-16)9-15(7-11)18-21-19(23-22-18)26-10-17(24)25/h2-9,20H,10H2,1H3,(H,24,25)(H,21,22,23). The highest BCUT2D eigenvalue weighted by atomic mass is 32.2. The first kappa shape index (κ1) is 16.4. The molecular formula is C19H16N4O2S. The lowest BCUT2D eigenvalue weighted by atomic mass is 9.99. The van der Waals surface area contributed by atoms with E-state index in [4.69, 9.17) is 5.11 Å². The normalized spacial score (nSPS) is 11.1. The lowest BCUT2D eigenvalue weighted by Gasteiger charge is -2.07. The quantitative estimate of drug-likeness (QED) is 0.463. The van der Waals surface area contributed by atoms with E-state index >= 15 is 0 Å². The number of aliphatic carboxylic acids is 1. The molecule has 0 fully saturated rings. The number of aryl methyl sites for hydroxylation is 1. The third-order valence-electron chi connectivity index (χ3n) is 4.03. The predicted octanol–water partition coefficient (Wildman–Crippen LogP) is 4.11. The van der Waals surface area contributed by atoms with Gasteiger partial charge < -0.3 is 10.1 Å². The number of carbonyl (C=O) groups is 1. The van der Waals surface area contributed by atoms with Crippen molar-refractivity contribution in [1.29, 1.82) is 0 Å². The van der Waals surface area contributed by atoms with Crippen LogP contribution in [-0.2, 0) is 4.79 Å². The average molecular weight is 364 g/mol. The lowest BCUT2D eigenvalue weighted by molar-refractivity contribution is -0.133. The van der Waals surface area contributed by atoms with Crippen LogP contribution in [0.5, 0.6) is 0 Å². The van der Waals surface area contributed by atoms with Crippen molar-refractivity contribution in [3.8, 4) is 22.5 Å². The fourth-order valence-corrected chi connectivity index (χ4v) is 3.40. The molecule has 0 radical (unpaired) electrons. The van der Waals surface area contributed by atoms with Crippen molar-refractivity contribution in [3.63, 3.8) is 0 Å². The molecule has 0 bridgehead atoms. The number of benzene rings is 2. The molecule has 130 valence electrons. The third kappa shape index (κ3) is 3.34. The summed E-state index contributed by atoms with van der Waals surface area (Å²) in [6, 6.07) is 14.6. The minimum absolute atomic E-state index is 0.0625. The first-order valence-corrected chi connectivity index (χ1v) is 9.03. The molecule has 0 aliphatic carbocycles. The van der Waals surface area contributed by atoms with E-state index < -0.39 is 5.97 Å². The Bertz CT molecular complexity index is 1100. The van der Waals surface area contributed by atoms with E-state index in [2.05, 4.69) is 56.6 Å². The molecule has 0 unspecified atom stereocenters. The van der Waals surface area contributed by atoms with E-state index in [0.29, 0.717) is 11.0 Å². The molecule has 0 saturated heterocycles. The Labute approximate surface area is 153 Å². The zero-order chi connectivity index (χ0) is 18.1. The van der Waals surface area contributed by atoms with Gasteiger partial charge >= 0.3 is 5.97 Å². The summed E-state index contributed by atoms with van der Waals surface area (Å²) in [6.45, 7) is 2.04. The number of aromatic amines is 2. The molecule has 6 nitrogen and oxygen atoms in total. The zero-order valence-corrected chi connectivity index (χ0v) is 14.8. The first-order chi connectivity index (χ1) is 12.6. The summed E-state index contributed by atoms with van der Waals surface area (Å²) >= 11 is 1.09. The summed E-state index contributed by atoms with van der Waals surface area (Å²) in [5, 5.41) is 17.3. The van der Waals surface area contributed by atoms with Crippen LogP contribution < -0.4 is 0 Å². The highest BCUT2D eigenvalue weighted by Crippen LogP contribution is 2.29. The van der Waals surface area contributed by atoms with Crippen LogP contribution in [-0.4, -0.2) is 37.0 Å². The van der Waals surface area contributed by atoms with Gasteiger partial charge in [0, 0.05) is 17.3 Å². The van der Waals surface area contributed by atoms with Crippen molar-refractivity contribution in [1.82, 2.24) is 20.2 Å². The predicted molar refractivity (Wildman–Crippen MR) is 102 cm³/mol. The number of hydrogen-bond acceptors (Lipinski definition) is 4. The van der Waals surface area contributed by atoms with Crippen molar-refractivity contribution in [2.75, 3.05) is 5.75 Å². The number of nitrogens with one attached hydrogen (secondary N) is 2. The Hall–Kier alpha value is -3.06. The van der Waals surface area contributed by atoms with E-state index in [0.717, 1.165) is 44.9 Å². The molecule has 7 heteroatoms. The Balaban J connectivity index is 1.69. The Morgan fingerprint density at radius 3 is 2.81 bits per heavy atom. The second-order valence-corrected chi connectivity index (χ2v) is 6.96. The van der Waals surface area contributed by atoms with Crippen LogP contribution in [0.4, 0.5) is 0 Å². The molecule has 0 aliphatic rings. The van der Waals surface area contributed by atoms with Gasteiger partial charge in [0.15, 0.2) is 5.82 Å². The van der Waals surface area contributed by atoms with Crippen LogP contribution in [0.2, 0.25) is 0 Å². The van der Waals surface area contributed by atoms with Gasteiger partial charge in [0.1, 0.15) is 0 Å². The van der Waals surface area contributed by atoms with E-state index in [-0.39, 0.29) is 5.75 Å². The zero-order valence-electron chi connectivity index (χ0n) is 14.0. The van der Waals surface area contributed by atoms with Gasteiger partial charge in [-0.05, 0) is 59.3 Å². The van der Waals surface area contributed by atoms with Crippen LogP contribution in [0.15, 0.2) is 53.8 Å². The summed E-state index contributed by atoms with van der Waals surface area (Å²) in [5.74, 6) is -0.322. The maximum atomic E-state index is 10.7. The van der Waals surface area contributed by atoms with Gasteiger partial charge in [-0.15, -0.1) is 5.10 Å². The van der Waals surface area contributed by atoms with E-state index in [9.17, 15) is 4.79 Å². The van der Waals surface area contributed by atoms with E-state index in [1.165, 1.54) is 0 Å². The monoisotopic (exact) mass is 364 g/mol. The number of nitrogens with zero attached hydrogens (tertiary/aromatic N) is 2. The van der Waals surface area contributed by atoms with Gasteiger partial charge in [0.2, 0.25) is 5.16 Å². The highest BCUT2D eigenvalue weighted by Gasteiger charge is 2.10. The van der Waals surface area contributed by atoms with Crippen molar-refractivity contribution in [3.05, 3.63) is 54.2 Å². The van der Waals surface area contributed by atoms with Gasteiger partial charge in [0.25, 0.3) is 0 Å². The number of hydrogen-bond donors (Lipinski definition) is 3. The fraction of sp³-hybridized carbons (Fsp3) is 0.105. The molecule has 0 aliphatic heterocycles. The lowest BCUT2D eigenvalue weighted by Crippen LogP contribution is -1.97. The number of carboxylic acid groups (broad SMARTS) is 1. The second kappa shape index (κ2) is 6.68. The molecule has 2 aromatic carbocycles. The summed E-state index contributed by atoms with van der Waals surface area (Å²) in [6.07, 6.45) is 1.93. The minimum Gasteiger partial charge on any atom is -0.481 e. The molecule has 0 atom stereocenters. The fourth-order valence-electron chi connectivity index (χ4n) is 2.89. The van der Waals surface area contributed by atoms with Crippen molar-refractivity contribution in [2.45, 2.75) is 12.1 Å². The van der Waals surface area contributed by atoms with Crippen LogP contribution in [0, 0.1) is 6.92 Å². The summed E-state index contributed by atoms with van der Waals surface area (Å²) in [7, 11) is 0. The Kier molecular flexibility index (Phi) is 4.22. The topological polar surface area (TPSA) is 94.7 Å². The number of H-pyrrole nitrogens is 2. The number of fused-ring (bicyclic) bond motifs is 1. The summed E-state index contributed by atoms with van der Waals surface area (Å²) in [4.78, 5) is 18.3. The maximum absolute atomic E-state index is 10.7. The van der Waals surface area contributed by atoms with Crippen molar-refractivity contribution in [2.24, 2.45) is 0 Å². The molecule has 4 aromatic rings. The van der Waals surface area contributed by atoms with Gasteiger partial charge in [-0.3, -0.25) is 9.89 Å². The number of carboxylic acids is 1. The third-order valence-corrected chi connectivity index (χ3v) is 4.86. The number of aromatic nitrogens is 4. The molecule has 0 amide bonds. The SMILES string of the molecule is Cc1cc(-c2ccc3[nH]ccc3c2)cc(-c2nc(SCC(=O)O)n[nH]2)c1. The average Bonchev–Trinajstić information content (AvgIpc) is 3.28.